The van der Waals surface area contributed by atoms with Crippen molar-refractivity contribution in [2.45, 2.75) is 19.1 Å². The van der Waals surface area contributed by atoms with E-state index in [2.05, 4.69) is 0 Å². The summed E-state index contributed by atoms with van der Waals surface area (Å²) in [6.45, 7) is 0.713. The van der Waals surface area contributed by atoms with Gasteiger partial charge in [-0.1, -0.05) is 0 Å². The summed E-state index contributed by atoms with van der Waals surface area (Å²) in [6.07, 6.45) is 2.37. The van der Waals surface area contributed by atoms with E-state index in [0.717, 1.165) is 19.1 Å². The molecule has 0 spiro atoms. The number of carbonyl (C=O) groups is 1. The van der Waals surface area contributed by atoms with Crippen LogP contribution in [0.4, 0.5) is 0 Å². The summed E-state index contributed by atoms with van der Waals surface area (Å²) >= 11 is 0. The van der Waals surface area contributed by atoms with E-state index in [1.165, 1.54) is 0 Å². The molecule has 0 aliphatic carbocycles. The first-order chi connectivity index (χ1) is 7.83. The summed E-state index contributed by atoms with van der Waals surface area (Å²) in [5, 5.41) is 0. The summed E-state index contributed by atoms with van der Waals surface area (Å²) in [4.78, 5) is 10.8. The number of aldehydes is 1. The van der Waals surface area contributed by atoms with Crippen LogP contribution in [0.1, 0.15) is 23.2 Å². The van der Waals surface area contributed by atoms with E-state index in [1.54, 1.807) is 25.3 Å². The zero-order valence-electron chi connectivity index (χ0n) is 9.14. The van der Waals surface area contributed by atoms with Crippen LogP contribution in [-0.2, 0) is 4.74 Å². The van der Waals surface area contributed by atoms with Crippen molar-refractivity contribution in [2.24, 2.45) is 0 Å². The fraction of sp³-hybridized carbons (Fsp3) is 0.417. The lowest BCUT2D eigenvalue weighted by atomic mass is 10.2. The molecule has 0 amide bonds. The lowest BCUT2D eigenvalue weighted by Gasteiger charge is -2.14. The standard InChI is InChI=1S/C12H14O4/c1-14-10-5-4-9(8-13)11(7-10)16-12-3-2-6-15-12/h4-5,7-8,12H,2-3,6H2,1H3. The highest BCUT2D eigenvalue weighted by molar-refractivity contribution is 5.79. The molecule has 1 heterocycles. The van der Waals surface area contributed by atoms with Crippen LogP contribution < -0.4 is 9.47 Å². The van der Waals surface area contributed by atoms with Crippen molar-refractivity contribution in [3.8, 4) is 11.5 Å². The highest BCUT2D eigenvalue weighted by atomic mass is 16.7. The molecule has 1 unspecified atom stereocenters. The van der Waals surface area contributed by atoms with Crippen molar-refractivity contribution >= 4 is 6.29 Å². The molecule has 4 heteroatoms. The third-order valence-electron chi connectivity index (χ3n) is 2.49. The number of benzene rings is 1. The number of ether oxygens (including phenoxy) is 3. The van der Waals surface area contributed by atoms with Crippen LogP contribution in [0.2, 0.25) is 0 Å². The van der Waals surface area contributed by atoms with Gasteiger partial charge in [0.05, 0.1) is 19.3 Å². The van der Waals surface area contributed by atoms with Gasteiger partial charge in [0, 0.05) is 12.5 Å². The molecule has 0 N–H and O–H groups in total. The molecule has 0 bridgehead atoms. The van der Waals surface area contributed by atoms with Gasteiger partial charge in [0.15, 0.2) is 12.6 Å². The van der Waals surface area contributed by atoms with Crippen molar-refractivity contribution in [1.82, 2.24) is 0 Å². The molecule has 1 fully saturated rings. The predicted octanol–water partition coefficient (Wildman–Crippen LogP) is 2.02. The van der Waals surface area contributed by atoms with E-state index in [0.29, 0.717) is 23.7 Å². The molecule has 0 radical (unpaired) electrons. The number of hydrogen-bond acceptors (Lipinski definition) is 4. The van der Waals surface area contributed by atoms with Crippen LogP contribution in [0.15, 0.2) is 18.2 Å². The third kappa shape index (κ3) is 2.33. The molecule has 1 aromatic rings. The van der Waals surface area contributed by atoms with Crippen LogP contribution in [0, 0.1) is 0 Å². The van der Waals surface area contributed by atoms with Gasteiger partial charge in [-0.25, -0.2) is 0 Å². The zero-order chi connectivity index (χ0) is 11.4. The Morgan fingerprint density at radius 2 is 2.38 bits per heavy atom. The van der Waals surface area contributed by atoms with Crippen molar-refractivity contribution in [1.29, 1.82) is 0 Å². The Kier molecular flexibility index (Phi) is 3.41. The number of carbonyl (C=O) groups excluding carboxylic acids is 1. The quantitative estimate of drug-likeness (QED) is 0.731. The van der Waals surface area contributed by atoms with Gasteiger partial charge in [-0.2, -0.15) is 0 Å². The van der Waals surface area contributed by atoms with Gasteiger partial charge in [0.25, 0.3) is 0 Å². The average molecular weight is 222 g/mol. The number of rotatable bonds is 4. The third-order valence-corrected chi connectivity index (χ3v) is 2.49. The smallest absolute Gasteiger partial charge is 0.199 e. The Balaban J connectivity index is 2.18. The lowest BCUT2D eigenvalue weighted by molar-refractivity contribution is -0.0393. The van der Waals surface area contributed by atoms with E-state index in [9.17, 15) is 4.79 Å². The molecule has 1 aliphatic rings. The van der Waals surface area contributed by atoms with Gasteiger partial charge >= 0.3 is 0 Å². The minimum atomic E-state index is -0.245. The second-order valence-electron chi connectivity index (χ2n) is 3.58. The van der Waals surface area contributed by atoms with Crippen LogP contribution >= 0.6 is 0 Å². The Labute approximate surface area is 94.1 Å². The van der Waals surface area contributed by atoms with Crippen LogP contribution in [0.5, 0.6) is 11.5 Å². The van der Waals surface area contributed by atoms with Crippen molar-refractivity contribution in [3.05, 3.63) is 23.8 Å². The van der Waals surface area contributed by atoms with Gasteiger partial charge in [-0.05, 0) is 18.6 Å². The largest absolute Gasteiger partial charge is 0.497 e. The van der Waals surface area contributed by atoms with Gasteiger partial charge < -0.3 is 14.2 Å². The zero-order valence-corrected chi connectivity index (χ0v) is 9.14. The summed E-state index contributed by atoms with van der Waals surface area (Å²) in [5.74, 6) is 1.18. The first kappa shape index (κ1) is 11.0. The van der Waals surface area contributed by atoms with Gasteiger partial charge in [-0.15, -0.1) is 0 Å². The van der Waals surface area contributed by atoms with Crippen molar-refractivity contribution in [2.75, 3.05) is 13.7 Å². The second kappa shape index (κ2) is 4.99. The number of methoxy groups -OCH3 is 1. The van der Waals surface area contributed by atoms with Crippen molar-refractivity contribution in [3.63, 3.8) is 0 Å². The normalized spacial score (nSPS) is 19.4. The van der Waals surface area contributed by atoms with Gasteiger partial charge in [0.1, 0.15) is 11.5 Å². The Morgan fingerprint density at radius 1 is 1.50 bits per heavy atom. The second-order valence-corrected chi connectivity index (χ2v) is 3.58. The van der Waals surface area contributed by atoms with Crippen LogP contribution in [-0.4, -0.2) is 26.3 Å². The van der Waals surface area contributed by atoms with E-state index in [-0.39, 0.29) is 6.29 Å². The van der Waals surface area contributed by atoms with Crippen LogP contribution in [0.25, 0.3) is 0 Å². The minimum absolute atomic E-state index is 0.245. The maximum Gasteiger partial charge on any atom is 0.199 e. The van der Waals surface area contributed by atoms with E-state index in [4.69, 9.17) is 14.2 Å². The number of hydrogen-bond donors (Lipinski definition) is 0. The summed E-state index contributed by atoms with van der Waals surface area (Å²) in [6, 6.07) is 5.10. The SMILES string of the molecule is COc1ccc(C=O)c(OC2CCCO2)c1. The summed E-state index contributed by atoms with van der Waals surface area (Å²) in [7, 11) is 1.58. The predicted molar refractivity (Wildman–Crippen MR) is 58.0 cm³/mol. The molecular formula is C12H14O4. The Hall–Kier alpha value is -1.55. The highest BCUT2D eigenvalue weighted by Crippen LogP contribution is 2.26. The van der Waals surface area contributed by atoms with E-state index >= 15 is 0 Å². The fourth-order valence-electron chi connectivity index (χ4n) is 1.62. The van der Waals surface area contributed by atoms with Crippen LogP contribution in [0.3, 0.4) is 0 Å². The molecular weight excluding hydrogens is 208 g/mol. The molecule has 1 aliphatic heterocycles. The summed E-state index contributed by atoms with van der Waals surface area (Å²) < 4.78 is 16.0. The van der Waals surface area contributed by atoms with Gasteiger partial charge in [0.2, 0.25) is 0 Å². The molecule has 2 rings (SSSR count). The molecule has 1 atom stereocenters. The first-order valence-electron chi connectivity index (χ1n) is 5.25. The van der Waals surface area contributed by atoms with E-state index in [1.807, 2.05) is 0 Å². The molecule has 86 valence electrons. The molecule has 16 heavy (non-hydrogen) atoms. The summed E-state index contributed by atoms with van der Waals surface area (Å²) in [5.41, 5.74) is 0.510. The minimum Gasteiger partial charge on any atom is -0.497 e. The average Bonchev–Trinajstić information content (AvgIpc) is 2.82. The van der Waals surface area contributed by atoms with Crippen molar-refractivity contribution < 1.29 is 19.0 Å². The molecule has 0 aromatic heterocycles. The topological polar surface area (TPSA) is 44.8 Å². The molecule has 1 aromatic carbocycles. The maximum absolute atomic E-state index is 10.8. The fourth-order valence-corrected chi connectivity index (χ4v) is 1.62. The highest BCUT2D eigenvalue weighted by Gasteiger charge is 2.18. The van der Waals surface area contributed by atoms with Gasteiger partial charge in [-0.3, -0.25) is 4.79 Å². The Morgan fingerprint density at radius 3 is 3.00 bits per heavy atom. The first-order valence-corrected chi connectivity index (χ1v) is 5.25. The molecule has 0 saturated carbocycles. The monoisotopic (exact) mass is 222 g/mol. The lowest BCUT2D eigenvalue weighted by Crippen LogP contribution is -2.14. The Bertz CT molecular complexity index is 369. The molecule has 1 saturated heterocycles. The maximum atomic E-state index is 10.8. The molecule has 4 nitrogen and oxygen atoms in total. The van der Waals surface area contributed by atoms with E-state index < -0.39 is 0 Å².